The summed E-state index contributed by atoms with van der Waals surface area (Å²) in [5.74, 6) is 1.45. The van der Waals surface area contributed by atoms with Crippen molar-refractivity contribution in [2.45, 2.75) is 45.4 Å². The van der Waals surface area contributed by atoms with Crippen LogP contribution in [-0.2, 0) is 0 Å². The van der Waals surface area contributed by atoms with Crippen LogP contribution in [0, 0.1) is 17.7 Å². The second-order valence-corrected chi connectivity index (χ2v) is 6.36. The first-order valence-corrected chi connectivity index (χ1v) is 8.19. The van der Waals surface area contributed by atoms with E-state index in [1.165, 1.54) is 25.3 Å². The van der Waals surface area contributed by atoms with Crippen molar-refractivity contribution in [1.29, 1.82) is 0 Å². The van der Waals surface area contributed by atoms with Gasteiger partial charge >= 0.3 is 0 Å². The lowest BCUT2D eigenvalue weighted by Gasteiger charge is -2.36. The Labute approximate surface area is 126 Å². The summed E-state index contributed by atoms with van der Waals surface area (Å²) in [7, 11) is 0. The minimum Gasteiger partial charge on any atom is -0.317 e. The molecule has 1 aromatic rings. The number of hydrogen-bond acceptors (Lipinski definition) is 1. The first kappa shape index (κ1) is 15.8. The van der Waals surface area contributed by atoms with Gasteiger partial charge in [-0.25, -0.2) is 4.39 Å². The topological polar surface area (TPSA) is 12.0 Å². The van der Waals surface area contributed by atoms with E-state index in [2.05, 4.69) is 19.2 Å². The van der Waals surface area contributed by atoms with Crippen molar-refractivity contribution in [2.75, 3.05) is 13.1 Å². The number of halogens is 2. The molecular formula is C17H25ClFN. The van der Waals surface area contributed by atoms with Crippen LogP contribution in [0.3, 0.4) is 0 Å². The molecule has 0 radical (unpaired) electrons. The first-order valence-electron chi connectivity index (χ1n) is 7.81. The highest BCUT2D eigenvalue weighted by atomic mass is 35.5. The van der Waals surface area contributed by atoms with Crippen molar-refractivity contribution in [3.05, 3.63) is 34.6 Å². The van der Waals surface area contributed by atoms with Crippen molar-refractivity contribution < 1.29 is 4.39 Å². The predicted molar refractivity (Wildman–Crippen MR) is 83.8 cm³/mol. The van der Waals surface area contributed by atoms with E-state index in [9.17, 15) is 4.39 Å². The fraction of sp³-hybridized carbons (Fsp3) is 0.647. The van der Waals surface area contributed by atoms with E-state index in [1.54, 1.807) is 0 Å². The highest BCUT2D eigenvalue weighted by Crippen LogP contribution is 2.42. The second kappa shape index (κ2) is 7.42. The number of rotatable bonds is 5. The van der Waals surface area contributed by atoms with Gasteiger partial charge < -0.3 is 5.32 Å². The molecule has 0 heterocycles. The average Bonchev–Trinajstić information content (AvgIpc) is 2.45. The lowest BCUT2D eigenvalue weighted by molar-refractivity contribution is 0.223. The Bertz CT molecular complexity index is 435. The fourth-order valence-electron chi connectivity index (χ4n) is 3.45. The summed E-state index contributed by atoms with van der Waals surface area (Å²) in [5, 5.41) is 3.92. The Kier molecular flexibility index (Phi) is 5.86. The van der Waals surface area contributed by atoms with Gasteiger partial charge in [0.05, 0.1) is 0 Å². The summed E-state index contributed by atoms with van der Waals surface area (Å²) < 4.78 is 14.3. The van der Waals surface area contributed by atoms with Crippen LogP contribution in [0.25, 0.3) is 0 Å². The number of nitrogens with one attached hydrogen (secondary N) is 1. The zero-order chi connectivity index (χ0) is 14.5. The van der Waals surface area contributed by atoms with Gasteiger partial charge in [0.15, 0.2) is 0 Å². The molecule has 3 heteroatoms. The summed E-state index contributed by atoms with van der Waals surface area (Å²) in [4.78, 5) is 0. The first-order chi connectivity index (χ1) is 9.65. The molecule has 1 aliphatic carbocycles. The molecule has 0 aliphatic heterocycles. The molecule has 2 rings (SSSR count). The van der Waals surface area contributed by atoms with Gasteiger partial charge in [0.1, 0.15) is 5.82 Å². The van der Waals surface area contributed by atoms with Crippen LogP contribution in [-0.4, -0.2) is 13.1 Å². The Hall–Kier alpha value is -0.600. The normalized spacial score (nSPS) is 26.7. The summed E-state index contributed by atoms with van der Waals surface area (Å²) in [6.07, 6.45) is 4.77. The molecule has 3 atom stereocenters. The maximum absolute atomic E-state index is 14.3. The van der Waals surface area contributed by atoms with Crippen molar-refractivity contribution in [3.8, 4) is 0 Å². The third-order valence-corrected chi connectivity index (χ3v) is 4.93. The zero-order valence-corrected chi connectivity index (χ0v) is 13.2. The maximum Gasteiger partial charge on any atom is 0.128 e. The molecular weight excluding hydrogens is 273 g/mol. The molecule has 1 fully saturated rings. The van der Waals surface area contributed by atoms with E-state index in [-0.39, 0.29) is 5.82 Å². The molecule has 0 saturated heterocycles. The Morgan fingerprint density at radius 3 is 2.75 bits per heavy atom. The largest absolute Gasteiger partial charge is 0.317 e. The molecule has 3 unspecified atom stereocenters. The quantitative estimate of drug-likeness (QED) is 0.806. The Morgan fingerprint density at radius 2 is 2.10 bits per heavy atom. The molecule has 0 spiro atoms. The van der Waals surface area contributed by atoms with E-state index in [0.717, 1.165) is 31.0 Å². The van der Waals surface area contributed by atoms with Crippen LogP contribution in [0.5, 0.6) is 0 Å². The minimum atomic E-state index is -0.138. The van der Waals surface area contributed by atoms with Crippen LogP contribution >= 0.6 is 11.6 Å². The molecule has 0 aromatic heterocycles. The molecule has 0 bridgehead atoms. The molecule has 1 aromatic carbocycles. The molecule has 1 N–H and O–H groups in total. The van der Waals surface area contributed by atoms with E-state index in [4.69, 9.17) is 11.6 Å². The summed E-state index contributed by atoms with van der Waals surface area (Å²) >= 11 is 5.88. The van der Waals surface area contributed by atoms with Gasteiger partial charge in [-0.2, -0.15) is 0 Å². The highest BCUT2D eigenvalue weighted by Gasteiger charge is 2.32. The molecule has 1 aliphatic rings. The molecule has 0 amide bonds. The van der Waals surface area contributed by atoms with Gasteiger partial charge in [-0.3, -0.25) is 0 Å². The third-order valence-electron chi connectivity index (χ3n) is 4.70. The molecule has 1 saturated carbocycles. The Balaban J connectivity index is 2.21. The van der Waals surface area contributed by atoms with Gasteiger partial charge in [0.2, 0.25) is 0 Å². The van der Waals surface area contributed by atoms with Gasteiger partial charge in [-0.15, -0.1) is 0 Å². The van der Waals surface area contributed by atoms with Gasteiger partial charge in [0.25, 0.3) is 0 Å². The van der Waals surface area contributed by atoms with Crippen LogP contribution in [0.2, 0.25) is 5.02 Å². The standard InChI is InChI=1S/C17H25ClFN/c1-3-12-5-6-13(11-20-4-2)16(9-12)15-8-7-14(18)10-17(15)19/h7-8,10,12-13,16,20H,3-6,9,11H2,1-2H3. The fourth-order valence-corrected chi connectivity index (χ4v) is 3.61. The number of benzene rings is 1. The van der Waals surface area contributed by atoms with Crippen LogP contribution < -0.4 is 5.32 Å². The lowest BCUT2D eigenvalue weighted by atomic mass is 9.70. The van der Waals surface area contributed by atoms with Crippen molar-refractivity contribution in [1.82, 2.24) is 5.32 Å². The monoisotopic (exact) mass is 297 g/mol. The number of hydrogen-bond donors (Lipinski definition) is 1. The predicted octanol–water partition coefficient (Wildman–Crippen LogP) is 5.00. The smallest absolute Gasteiger partial charge is 0.128 e. The zero-order valence-electron chi connectivity index (χ0n) is 12.5. The summed E-state index contributed by atoms with van der Waals surface area (Å²) in [5.41, 5.74) is 0.857. The van der Waals surface area contributed by atoms with Crippen molar-refractivity contribution >= 4 is 11.6 Å². The summed E-state index contributed by atoms with van der Waals surface area (Å²) in [6.45, 7) is 6.32. The van der Waals surface area contributed by atoms with Crippen LogP contribution in [0.4, 0.5) is 4.39 Å². The van der Waals surface area contributed by atoms with Crippen LogP contribution in [0.15, 0.2) is 18.2 Å². The van der Waals surface area contributed by atoms with Gasteiger partial charge in [-0.05, 0) is 61.4 Å². The molecule has 112 valence electrons. The minimum absolute atomic E-state index is 0.138. The van der Waals surface area contributed by atoms with Crippen molar-refractivity contribution in [3.63, 3.8) is 0 Å². The average molecular weight is 298 g/mol. The third kappa shape index (κ3) is 3.73. The van der Waals surface area contributed by atoms with Crippen molar-refractivity contribution in [2.24, 2.45) is 11.8 Å². The molecule has 20 heavy (non-hydrogen) atoms. The molecule has 1 nitrogen and oxygen atoms in total. The Morgan fingerprint density at radius 1 is 1.30 bits per heavy atom. The SMILES string of the molecule is CCNCC1CCC(CC)CC1c1ccc(Cl)cc1F. The van der Waals surface area contributed by atoms with Gasteiger partial charge in [-0.1, -0.05) is 44.4 Å². The maximum atomic E-state index is 14.3. The second-order valence-electron chi connectivity index (χ2n) is 5.93. The van der Waals surface area contributed by atoms with E-state index in [0.29, 0.717) is 16.9 Å². The van der Waals surface area contributed by atoms with Gasteiger partial charge in [0, 0.05) is 5.02 Å². The van der Waals surface area contributed by atoms with Crippen LogP contribution in [0.1, 0.15) is 51.0 Å². The van der Waals surface area contributed by atoms with E-state index in [1.807, 2.05) is 12.1 Å². The van der Waals surface area contributed by atoms with E-state index >= 15 is 0 Å². The van der Waals surface area contributed by atoms with E-state index < -0.39 is 0 Å². The lowest BCUT2D eigenvalue weighted by Crippen LogP contribution is -2.32. The summed E-state index contributed by atoms with van der Waals surface area (Å²) in [6, 6.07) is 5.16. The highest BCUT2D eigenvalue weighted by molar-refractivity contribution is 6.30.